The van der Waals surface area contributed by atoms with Crippen molar-refractivity contribution in [3.8, 4) is 0 Å². The van der Waals surface area contributed by atoms with Crippen molar-refractivity contribution in [2.75, 3.05) is 5.32 Å². The maximum Gasteiger partial charge on any atom is 0.144 e. The molecule has 0 aliphatic carbocycles. The standard InChI is InChI=1S/C16H19BrN2/c1-4-12-7-6-8-13(5-2)15(12)19-16-14(17)11(3)9-10-18-16/h6-10H,4-5H2,1-3H3,(H,18,19). The number of hydrogen-bond donors (Lipinski definition) is 1. The van der Waals surface area contributed by atoms with Crippen molar-refractivity contribution in [1.82, 2.24) is 4.98 Å². The monoisotopic (exact) mass is 318 g/mol. The number of para-hydroxylation sites is 1. The number of pyridine rings is 1. The minimum atomic E-state index is 0.885. The van der Waals surface area contributed by atoms with E-state index in [1.54, 1.807) is 0 Å². The minimum absolute atomic E-state index is 0.885. The van der Waals surface area contributed by atoms with Crippen LogP contribution in [-0.4, -0.2) is 4.98 Å². The van der Waals surface area contributed by atoms with Gasteiger partial charge in [-0.3, -0.25) is 0 Å². The summed E-state index contributed by atoms with van der Waals surface area (Å²) in [6, 6.07) is 8.47. The summed E-state index contributed by atoms with van der Waals surface area (Å²) in [7, 11) is 0. The second-order valence-electron chi connectivity index (χ2n) is 4.57. The Labute approximate surface area is 123 Å². The van der Waals surface area contributed by atoms with Gasteiger partial charge < -0.3 is 5.32 Å². The molecule has 3 heteroatoms. The quantitative estimate of drug-likeness (QED) is 0.856. The average Bonchev–Trinajstić information content (AvgIpc) is 2.44. The van der Waals surface area contributed by atoms with E-state index in [0.717, 1.165) is 23.1 Å². The first kappa shape index (κ1) is 14.1. The molecule has 1 aromatic heterocycles. The molecule has 0 spiro atoms. The van der Waals surface area contributed by atoms with Gasteiger partial charge in [0.25, 0.3) is 0 Å². The van der Waals surface area contributed by atoms with Crippen molar-refractivity contribution >= 4 is 27.4 Å². The fourth-order valence-corrected chi connectivity index (χ4v) is 2.48. The number of hydrogen-bond acceptors (Lipinski definition) is 2. The first-order valence-corrected chi connectivity index (χ1v) is 7.45. The SMILES string of the molecule is CCc1cccc(CC)c1Nc1nccc(C)c1Br. The Balaban J connectivity index is 2.45. The van der Waals surface area contributed by atoms with Gasteiger partial charge >= 0.3 is 0 Å². The minimum Gasteiger partial charge on any atom is -0.339 e. The molecule has 0 unspecified atom stereocenters. The lowest BCUT2D eigenvalue weighted by Crippen LogP contribution is -2.02. The Hall–Kier alpha value is -1.35. The molecule has 0 amide bonds. The highest BCUT2D eigenvalue weighted by molar-refractivity contribution is 9.10. The van der Waals surface area contributed by atoms with Crippen molar-refractivity contribution < 1.29 is 0 Å². The molecule has 1 heterocycles. The number of halogens is 1. The number of anilines is 2. The zero-order chi connectivity index (χ0) is 13.8. The molecule has 0 radical (unpaired) electrons. The van der Waals surface area contributed by atoms with E-state index in [4.69, 9.17) is 0 Å². The van der Waals surface area contributed by atoms with Crippen LogP contribution in [0.2, 0.25) is 0 Å². The summed E-state index contributed by atoms with van der Waals surface area (Å²) in [4.78, 5) is 4.43. The molecule has 0 aliphatic heterocycles. The summed E-state index contributed by atoms with van der Waals surface area (Å²) < 4.78 is 1.03. The van der Waals surface area contributed by atoms with Gasteiger partial charge in [-0.05, 0) is 58.5 Å². The molecule has 1 aromatic carbocycles. The summed E-state index contributed by atoms with van der Waals surface area (Å²) in [5.74, 6) is 0.885. The van der Waals surface area contributed by atoms with Gasteiger partial charge in [0.2, 0.25) is 0 Å². The molecule has 2 aromatic rings. The van der Waals surface area contributed by atoms with Crippen molar-refractivity contribution in [1.29, 1.82) is 0 Å². The van der Waals surface area contributed by atoms with E-state index in [2.05, 4.69) is 65.2 Å². The smallest absolute Gasteiger partial charge is 0.144 e. The molecule has 0 atom stereocenters. The van der Waals surface area contributed by atoms with Crippen molar-refractivity contribution in [2.45, 2.75) is 33.6 Å². The number of nitrogens with one attached hydrogen (secondary N) is 1. The highest BCUT2D eigenvalue weighted by Gasteiger charge is 2.10. The fraction of sp³-hybridized carbons (Fsp3) is 0.312. The second kappa shape index (κ2) is 6.20. The number of aryl methyl sites for hydroxylation is 3. The van der Waals surface area contributed by atoms with Crippen LogP contribution in [0.3, 0.4) is 0 Å². The lowest BCUT2D eigenvalue weighted by molar-refractivity contribution is 1.08. The summed E-state index contributed by atoms with van der Waals surface area (Å²) >= 11 is 3.61. The zero-order valence-corrected chi connectivity index (χ0v) is 13.2. The molecule has 0 aliphatic rings. The predicted octanol–water partition coefficient (Wildman–Crippen LogP) is 5.02. The highest BCUT2D eigenvalue weighted by atomic mass is 79.9. The molecule has 0 saturated carbocycles. The molecule has 100 valence electrons. The molecule has 19 heavy (non-hydrogen) atoms. The topological polar surface area (TPSA) is 24.9 Å². The summed E-state index contributed by atoms with van der Waals surface area (Å²) in [5, 5.41) is 3.49. The number of nitrogens with zero attached hydrogens (tertiary/aromatic N) is 1. The van der Waals surface area contributed by atoms with Crippen LogP contribution in [0.25, 0.3) is 0 Å². The molecule has 2 rings (SSSR count). The molecule has 0 fully saturated rings. The van der Waals surface area contributed by atoms with Crippen molar-refractivity contribution in [2.24, 2.45) is 0 Å². The van der Waals surface area contributed by atoms with E-state index in [-0.39, 0.29) is 0 Å². The van der Waals surface area contributed by atoms with Crippen LogP contribution >= 0.6 is 15.9 Å². The van der Waals surface area contributed by atoms with E-state index in [9.17, 15) is 0 Å². The van der Waals surface area contributed by atoms with Gasteiger partial charge in [0, 0.05) is 11.9 Å². The van der Waals surface area contributed by atoms with Gasteiger partial charge in [0.15, 0.2) is 0 Å². The first-order chi connectivity index (χ1) is 9.17. The number of aromatic nitrogens is 1. The highest BCUT2D eigenvalue weighted by Crippen LogP contribution is 2.30. The van der Waals surface area contributed by atoms with Gasteiger partial charge in [0.05, 0.1) is 4.47 Å². The molecule has 0 bridgehead atoms. The summed E-state index contributed by atoms with van der Waals surface area (Å²) in [5.41, 5.74) is 5.04. The Morgan fingerprint density at radius 2 is 1.74 bits per heavy atom. The fourth-order valence-electron chi connectivity index (χ4n) is 2.15. The van der Waals surface area contributed by atoms with Gasteiger partial charge in [-0.2, -0.15) is 0 Å². The second-order valence-corrected chi connectivity index (χ2v) is 5.37. The normalized spacial score (nSPS) is 10.5. The van der Waals surface area contributed by atoms with E-state index < -0.39 is 0 Å². The van der Waals surface area contributed by atoms with E-state index in [1.165, 1.54) is 22.4 Å². The first-order valence-electron chi connectivity index (χ1n) is 6.66. The van der Waals surface area contributed by atoms with Gasteiger partial charge in [-0.25, -0.2) is 4.98 Å². The van der Waals surface area contributed by atoms with Crippen LogP contribution < -0.4 is 5.32 Å². The van der Waals surface area contributed by atoms with Crippen LogP contribution in [0.15, 0.2) is 34.9 Å². The molecule has 1 N–H and O–H groups in total. The van der Waals surface area contributed by atoms with Crippen LogP contribution in [0.5, 0.6) is 0 Å². The Morgan fingerprint density at radius 3 is 2.32 bits per heavy atom. The predicted molar refractivity (Wildman–Crippen MR) is 85.2 cm³/mol. The molecule has 0 saturated heterocycles. The van der Waals surface area contributed by atoms with Crippen molar-refractivity contribution in [3.05, 3.63) is 51.6 Å². The van der Waals surface area contributed by atoms with E-state index >= 15 is 0 Å². The third-order valence-electron chi connectivity index (χ3n) is 3.32. The third kappa shape index (κ3) is 2.98. The van der Waals surface area contributed by atoms with E-state index in [0.29, 0.717) is 0 Å². The third-order valence-corrected chi connectivity index (χ3v) is 4.33. The molecule has 2 nitrogen and oxygen atoms in total. The molecular weight excluding hydrogens is 300 g/mol. The van der Waals surface area contributed by atoms with Gasteiger partial charge in [0.1, 0.15) is 5.82 Å². The van der Waals surface area contributed by atoms with Crippen molar-refractivity contribution in [3.63, 3.8) is 0 Å². The summed E-state index contributed by atoms with van der Waals surface area (Å²) in [6.07, 6.45) is 3.86. The lowest BCUT2D eigenvalue weighted by atomic mass is 10.0. The van der Waals surface area contributed by atoms with E-state index in [1.807, 2.05) is 12.3 Å². The Kier molecular flexibility index (Phi) is 4.59. The molecular formula is C16H19BrN2. The maximum absolute atomic E-state index is 4.43. The van der Waals surface area contributed by atoms with Crippen LogP contribution in [0.1, 0.15) is 30.5 Å². The maximum atomic E-state index is 4.43. The van der Waals surface area contributed by atoms with Crippen LogP contribution in [0.4, 0.5) is 11.5 Å². The number of benzene rings is 1. The number of rotatable bonds is 4. The van der Waals surface area contributed by atoms with Gasteiger partial charge in [-0.1, -0.05) is 32.0 Å². The Morgan fingerprint density at radius 1 is 1.11 bits per heavy atom. The largest absolute Gasteiger partial charge is 0.339 e. The van der Waals surface area contributed by atoms with Gasteiger partial charge in [-0.15, -0.1) is 0 Å². The average molecular weight is 319 g/mol. The summed E-state index contributed by atoms with van der Waals surface area (Å²) in [6.45, 7) is 6.43. The zero-order valence-electron chi connectivity index (χ0n) is 11.6. The Bertz CT molecular complexity index is 557. The van der Waals surface area contributed by atoms with Crippen LogP contribution in [-0.2, 0) is 12.8 Å². The van der Waals surface area contributed by atoms with Crippen LogP contribution in [0, 0.1) is 6.92 Å². The lowest BCUT2D eigenvalue weighted by Gasteiger charge is -2.16.